The van der Waals surface area contributed by atoms with Crippen molar-refractivity contribution < 1.29 is 0 Å². The summed E-state index contributed by atoms with van der Waals surface area (Å²) in [5, 5.41) is 3.97. The van der Waals surface area contributed by atoms with Gasteiger partial charge < -0.3 is 10.7 Å². The average molecular weight is 253 g/mol. The lowest BCUT2D eigenvalue weighted by Gasteiger charge is -2.59. The van der Waals surface area contributed by atoms with Gasteiger partial charge in [-0.3, -0.25) is 0 Å². The van der Waals surface area contributed by atoms with Gasteiger partial charge in [0.05, 0.1) is 0 Å². The van der Waals surface area contributed by atoms with Crippen LogP contribution in [-0.4, -0.2) is 11.2 Å². The van der Waals surface area contributed by atoms with Crippen LogP contribution >= 0.6 is 12.2 Å². The highest BCUT2D eigenvalue weighted by molar-refractivity contribution is 7.80. The largest absolute Gasteiger partial charge is 0.359 e. The van der Waals surface area contributed by atoms with Crippen LogP contribution in [0.2, 0.25) is 0 Å². The molecule has 96 valence electrons. The highest BCUT2D eigenvalue weighted by Crippen LogP contribution is 2.61. The average Bonchev–Trinajstić information content (AvgIpc) is 2.26. The van der Waals surface area contributed by atoms with Crippen molar-refractivity contribution in [3.63, 3.8) is 0 Å². The second kappa shape index (κ2) is 4.09. The van der Waals surface area contributed by atoms with E-state index in [1.165, 1.54) is 38.5 Å². The Morgan fingerprint density at radius 2 is 1.65 bits per heavy atom. The molecular weight excluding hydrogens is 230 g/mol. The Labute approximate surface area is 109 Å². The minimum atomic E-state index is 0.458. The van der Waals surface area contributed by atoms with Gasteiger partial charge in [-0.05, 0) is 80.8 Å². The Bertz CT molecular complexity index is 293. The molecule has 4 aliphatic rings. The molecular formula is C13H23N3S. The molecule has 0 aromatic rings. The van der Waals surface area contributed by atoms with Crippen LogP contribution in [0.3, 0.4) is 0 Å². The summed E-state index contributed by atoms with van der Waals surface area (Å²) in [6.45, 7) is 2.29. The Morgan fingerprint density at radius 3 is 2.06 bits per heavy atom. The van der Waals surface area contributed by atoms with Crippen LogP contribution in [0.1, 0.15) is 45.4 Å². The van der Waals surface area contributed by atoms with Gasteiger partial charge in [0.25, 0.3) is 0 Å². The number of hydrazine groups is 1. The van der Waals surface area contributed by atoms with E-state index < -0.39 is 0 Å². The van der Waals surface area contributed by atoms with Crippen molar-refractivity contribution in [2.45, 2.75) is 51.5 Å². The molecule has 4 rings (SSSR count). The highest BCUT2D eigenvalue weighted by Gasteiger charge is 2.53. The Morgan fingerprint density at radius 1 is 1.18 bits per heavy atom. The van der Waals surface area contributed by atoms with Crippen LogP contribution in [0, 0.1) is 23.2 Å². The molecule has 0 heterocycles. The van der Waals surface area contributed by atoms with E-state index in [-0.39, 0.29) is 0 Å². The van der Waals surface area contributed by atoms with E-state index in [9.17, 15) is 0 Å². The summed E-state index contributed by atoms with van der Waals surface area (Å²) in [5.74, 6) is 8.33. The summed E-state index contributed by atoms with van der Waals surface area (Å²) in [4.78, 5) is 0. The summed E-state index contributed by atoms with van der Waals surface area (Å²) in [5.41, 5.74) is 3.04. The normalized spacial score (nSPS) is 44.5. The number of thiocarbonyl (C=S) groups is 1. The SMILES string of the molecule is CC(NC(=S)NN)C12CC3CC(CC(C3)C1)C2. The quantitative estimate of drug-likeness (QED) is 0.400. The van der Waals surface area contributed by atoms with Gasteiger partial charge in [-0.15, -0.1) is 0 Å². The van der Waals surface area contributed by atoms with Crippen LogP contribution < -0.4 is 16.6 Å². The molecule has 0 aromatic carbocycles. The van der Waals surface area contributed by atoms with E-state index in [1.807, 2.05) is 0 Å². The molecule has 1 unspecified atom stereocenters. The topological polar surface area (TPSA) is 50.1 Å². The molecule has 0 amide bonds. The van der Waals surface area contributed by atoms with Crippen LogP contribution in [0.5, 0.6) is 0 Å². The Kier molecular flexibility index (Phi) is 2.82. The monoisotopic (exact) mass is 253 g/mol. The van der Waals surface area contributed by atoms with Gasteiger partial charge in [0.1, 0.15) is 0 Å². The van der Waals surface area contributed by atoms with E-state index in [0.717, 1.165) is 17.8 Å². The van der Waals surface area contributed by atoms with Gasteiger partial charge in [0.15, 0.2) is 5.11 Å². The zero-order chi connectivity index (χ0) is 12.0. The standard InChI is InChI=1S/C13H23N3S/c1-8(15-12(17)16-14)13-5-9-2-10(6-13)4-11(3-9)7-13/h8-11H,2-7,14H2,1H3,(H2,15,16,17). The third kappa shape index (κ3) is 1.95. The van der Waals surface area contributed by atoms with Crippen molar-refractivity contribution in [3.8, 4) is 0 Å². The lowest BCUT2D eigenvalue weighted by Crippen LogP contribution is -2.57. The van der Waals surface area contributed by atoms with E-state index >= 15 is 0 Å². The summed E-state index contributed by atoms with van der Waals surface area (Å²) in [6, 6.07) is 0.458. The molecule has 0 spiro atoms. The Balaban J connectivity index is 1.75. The molecule has 3 nitrogen and oxygen atoms in total. The maximum absolute atomic E-state index is 5.36. The first-order valence-corrected chi connectivity index (χ1v) is 7.29. The van der Waals surface area contributed by atoms with E-state index in [1.54, 1.807) is 0 Å². The maximum Gasteiger partial charge on any atom is 0.180 e. The van der Waals surface area contributed by atoms with Crippen LogP contribution in [0.25, 0.3) is 0 Å². The van der Waals surface area contributed by atoms with Crippen molar-refractivity contribution in [1.29, 1.82) is 0 Å². The molecule has 4 bridgehead atoms. The van der Waals surface area contributed by atoms with Crippen LogP contribution in [-0.2, 0) is 0 Å². The molecule has 0 aliphatic heterocycles. The van der Waals surface area contributed by atoms with E-state index in [4.69, 9.17) is 18.1 Å². The van der Waals surface area contributed by atoms with Gasteiger partial charge in [-0.2, -0.15) is 0 Å². The first-order valence-electron chi connectivity index (χ1n) is 6.88. The molecule has 4 N–H and O–H groups in total. The van der Waals surface area contributed by atoms with E-state index in [0.29, 0.717) is 16.6 Å². The number of hydrogen-bond donors (Lipinski definition) is 3. The van der Waals surface area contributed by atoms with Crippen molar-refractivity contribution in [2.24, 2.45) is 29.0 Å². The van der Waals surface area contributed by atoms with E-state index in [2.05, 4.69) is 17.7 Å². The van der Waals surface area contributed by atoms with Crippen molar-refractivity contribution in [3.05, 3.63) is 0 Å². The minimum Gasteiger partial charge on any atom is -0.359 e. The van der Waals surface area contributed by atoms with Gasteiger partial charge >= 0.3 is 0 Å². The summed E-state index contributed by atoms with van der Waals surface area (Å²) in [7, 11) is 0. The van der Waals surface area contributed by atoms with Gasteiger partial charge in [0, 0.05) is 6.04 Å². The maximum atomic E-state index is 5.36. The van der Waals surface area contributed by atoms with Gasteiger partial charge in [-0.25, -0.2) is 5.84 Å². The fourth-order valence-corrected chi connectivity index (χ4v) is 5.28. The lowest BCUT2D eigenvalue weighted by atomic mass is 9.48. The van der Waals surface area contributed by atoms with Crippen LogP contribution in [0.4, 0.5) is 0 Å². The molecule has 4 fully saturated rings. The van der Waals surface area contributed by atoms with Crippen LogP contribution in [0.15, 0.2) is 0 Å². The number of nitrogens with one attached hydrogen (secondary N) is 2. The molecule has 4 saturated carbocycles. The summed E-state index contributed by atoms with van der Waals surface area (Å²) >= 11 is 5.14. The predicted molar refractivity (Wildman–Crippen MR) is 73.1 cm³/mol. The summed E-state index contributed by atoms with van der Waals surface area (Å²) < 4.78 is 0. The molecule has 17 heavy (non-hydrogen) atoms. The van der Waals surface area contributed by atoms with Crippen molar-refractivity contribution in [1.82, 2.24) is 10.7 Å². The predicted octanol–water partition coefficient (Wildman–Crippen LogP) is 1.93. The minimum absolute atomic E-state index is 0.458. The smallest absolute Gasteiger partial charge is 0.180 e. The first kappa shape index (κ1) is 11.7. The lowest BCUT2D eigenvalue weighted by molar-refractivity contribution is -0.0672. The molecule has 4 heteroatoms. The van der Waals surface area contributed by atoms with Gasteiger partial charge in [0.2, 0.25) is 0 Å². The molecule has 4 aliphatic carbocycles. The molecule has 1 atom stereocenters. The fourth-order valence-electron chi connectivity index (χ4n) is 5.10. The Hall–Kier alpha value is -0.350. The second-order valence-electron chi connectivity index (χ2n) is 6.62. The third-order valence-corrected chi connectivity index (χ3v) is 5.72. The third-order valence-electron chi connectivity index (χ3n) is 5.48. The highest BCUT2D eigenvalue weighted by atomic mass is 32.1. The molecule has 0 saturated heterocycles. The number of rotatable bonds is 2. The fraction of sp³-hybridized carbons (Fsp3) is 0.923. The zero-order valence-electron chi connectivity index (χ0n) is 10.5. The van der Waals surface area contributed by atoms with Gasteiger partial charge in [-0.1, -0.05) is 0 Å². The summed E-state index contributed by atoms with van der Waals surface area (Å²) in [6.07, 6.45) is 8.68. The van der Waals surface area contributed by atoms with Crippen molar-refractivity contribution >= 4 is 17.3 Å². The number of nitrogens with two attached hydrogens (primary N) is 1. The molecule has 0 radical (unpaired) electrons. The zero-order valence-corrected chi connectivity index (χ0v) is 11.4. The number of hydrogen-bond acceptors (Lipinski definition) is 2. The second-order valence-corrected chi connectivity index (χ2v) is 7.03. The van der Waals surface area contributed by atoms with Crippen molar-refractivity contribution in [2.75, 3.05) is 0 Å². The first-order chi connectivity index (χ1) is 8.11. The molecule has 0 aromatic heterocycles.